The first-order valence-electron chi connectivity index (χ1n) is 9.81. The Morgan fingerprint density at radius 3 is 2.62 bits per heavy atom. The summed E-state index contributed by atoms with van der Waals surface area (Å²) < 4.78 is 5.50. The Labute approximate surface area is 194 Å². The van der Waals surface area contributed by atoms with Gasteiger partial charge in [0.15, 0.2) is 0 Å². The van der Waals surface area contributed by atoms with Gasteiger partial charge in [-0.15, -0.1) is 0 Å². The summed E-state index contributed by atoms with van der Waals surface area (Å²) in [5.41, 5.74) is 1.06. The lowest BCUT2D eigenvalue weighted by molar-refractivity contribution is -0.132. The number of hydrogen-bond donors (Lipinski definition) is 1. The van der Waals surface area contributed by atoms with Crippen LogP contribution < -0.4 is 9.64 Å². The van der Waals surface area contributed by atoms with Gasteiger partial charge in [-0.2, -0.15) is 0 Å². The van der Waals surface area contributed by atoms with E-state index in [1.54, 1.807) is 60.9 Å². The standard InChI is InChI=1S/C24H18Cl2N2O4/c1-2-32-17-8-9-19(26)18(12-17)22(29)20-21(14-5-4-10-27-13-14)28(24(31)23(20)30)16-7-3-6-15(25)11-16/h3-13,21,29H,2H2,1H3/b22-20+. The zero-order valence-electron chi connectivity index (χ0n) is 17.0. The quantitative estimate of drug-likeness (QED) is 0.307. The number of Topliss-reactive ketones (excluding diaryl/α,β-unsaturated/α-hetero) is 1. The maximum atomic E-state index is 13.2. The normalized spacial score (nSPS) is 17.6. The summed E-state index contributed by atoms with van der Waals surface area (Å²) in [6, 6.07) is 13.9. The highest BCUT2D eigenvalue weighted by molar-refractivity contribution is 6.52. The molecule has 162 valence electrons. The lowest BCUT2D eigenvalue weighted by Gasteiger charge is -2.25. The Morgan fingerprint density at radius 1 is 1.12 bits per heavy atom. The number of carbonyl (C=O) groups excluding carboxylic acids is 2. The van der Waals surface area contributed by atoms with E-state index in [1.165, 1.54) is 11.0 Å². The summed E-state index contributed by atoms with van der Waals surface area (Å²) in [5.74, 6) is -1.55. The second kappa shape index (κ2) is 9.02. The van der Waals surface area contributed by atoms with Crippen molar-refractivity contribution in [2.24, 2.45) is 0 Å². The van der Waals surface area contributed by atoms with Crippen LogP contribution in [0.2, 0.25) is 10.0 Å². The second-order valence-electron chi connectivity index (χ2n) is 7.01. The lowest BCUT2D eigenvalue weighted by Crippen LogP contribution is -2.29. The molecule has 2 aromatic carbocycles. The smallest absolute Gasteiger partial charge is 0.300 e. The topological polar surface area (TPSA) is 79.7 Å². The van der Waals surface area contributed by atoms with E-state index in [0.717, 1.165) is 0 Å². The predicted molar refractivity (Wildman–Crippen MR) is 123 cm³/mol. The number of aromatic nitrogens is 1. The third kappa shape index (κ3) is 3.95. The third-order valence-corrected chi connectivity index (χ3v) is 5.60. The molecule has 1 aliphatic heterocycles. The Hall–Kier alpha value is -3.35. The van der Waals surface area contributed by atoms with Gasteiger partial charge in [-0.1, -0.05) is 35.3 Å². The zero-order valence-corrected chi connectivity index (χ0v) is 18.5. The minimum atomic E-state index is -0.922. The SMILES string of the molecule is CCOc1ccc(Cl)c(/C(O)=C2\C(=O)C(=O)N(c3cccc(Cl)c3)C2c2cccnc2)c1. The van der Waals surface area contributed by atoms with Gasteiger partial charge in [0.2, 0.25) is 0 Å². The highest BCUT2D eigenvalue weighted by Gasteiger charge is 2.47. The second-order valence-corrected chi connectivity index (χ2v) is 7.85. The van der Waals surface area contributed by atoms with Crippen LogP contribution in [0.25, 0.3) is 5.76 Å². The molecule has 1 amide bonds. The molecule has 0 radical (unpaired) electrons. The van der Waals surface area contributed by atoms with E-state index in [0.29, 0.717) is 28.6 Å². The van der Waals surface area contributed by atoms with Gasteiger partial charge in [0.1, 0.15) is 11.5 Å². The Kier molecular flexibility index (Phi) is 6.17. The average Bonchev–Trinajstić information content (AvgIpc) is 3.06. The number of rotatable bonds is 5. The van der Waals surface area contributed by atoms with E-state index in [1.807, 2.05) is 6.92 Å². The van der Waals surface area contributed by atoms with Crippen molar-refractivity contribution in [1.82, 2.24) is 4.98 Å². The molecule has 1 aromatic heterocycles. The van der Waals surface area contributed by atoms with Gasteiger partial charge >= 0.3 is 0 Å². The fraction of sp³-hybridized carbons (Fsp3) is 0.125. The van der Waals surface area contributed by atoms with Gasteiger partial charge in [-0.3, -0.25) is 19.5 Å². The summed E-state index contributed by atoms with van der Waals surface area (Å²) in [7, 11) is 0. The number of aliphatic hydroxyl groups excluding tert-OH is 1. The fourth-order valence-electron chi connectivity index (χ4n) is 3.67. The van der Waals surface area contributed by atoms with Gasteiger partial charge in [0.05, 0.1) is 23.2 Å². The van der Waals surface area contributed by atoms with Crippen LogP contribution in [0.5, 0.6) is 5.75 Å². The first-order valence-corrected chi connectivity index (χ1v) is 10.6. The molecule has 0 spiro atoms. The number of benzene rings is 2. The Morgan fingerprint density at radius 2 is 1.94 bits per heavy atom. The van der Waals surface area contributed by atoms with Crippen LogP contribution in [0.3, 0.4) is 0 Å². The molecule has 32 heavy (non-hydrogen) atoms. The molecular weight excluding hydrogens is 451 g/mol. The highest BCUT2D eigenvalue weighted by atomic mass is 35.5. The van der Waals surface area contributed by atoms with Crippen LogP contribution in [0.15, 0.2) is 72.6 Å². The maximum absolute atomic E-state index is 13.2. The largest absolute Gasteiger partial charge is 0.507 e. The van der Waals surface area contributed by atoms with Gasteiger partial charge in [-0.25, -0.2) is 0 Å². The Bertz CT molecular complexity index is 1230. The molecule has 0 bridgehead atoms. The average molecular weight is 469 g/mol. The van der Waals surface area contributed by atoms with Gasteiger partial charge in [0, 0.05) is 28.7 Å². The van der Waals surface area contributed by atoms with Crippen LogP contribution in [0.1, 0.15) is 24.1 Å². The number of ether oxygens (including phenoxy) is 1. The van der Waals surface area contributed by atoms with Gasteiger partial charge < -0.3 is 9.84 Å². The van der Waals surface area contributed by atoms with Crippen molar-refractivity contribution in [1.29, 1.82) is 0 Å². The summed E-state index contributed by atoms with van der Waals surface area (Å²) in [4.78, 5) is 31.7. The van der Waals surface area contributed by atoms with Crippen molar-refractivity contribution in [3.8, 4) is 5.75 Å². The van der Waals surface area contributed by atoms with Crippen molar-refractivity contribution in [2.75, 3.05) is 11.5 Å². The van der Waals surface area contributed by atoms with Crippen LogP contribution in [-0.4, -0.2) is 28.4 Å². The highest BCUT2D eigenvalue weighted by Crippen LogP contribution is 2.43. The number of anilines is 1. The molecule has 1 aliphatic rings. The molecule has 3 aromatic rings. The molecule has 8 heteroatoms. The van der Waals surface area contributed by atoms with E-state index in [-0.39, 0.29) is 16.2 Å². The van der Waals surface area contributed by atoms with E-state index in [9.17, 15) is 14.7 Å². The zero-order chi connectivity index (χ0) is 22.8. The molecule has 1 N–H and O–H groups in total. The van der Waals surface area contributed by atoms with Crippen LogP contribution in [0.4, 0.5) is 5.69 Å². The summed E-state index contributed by atoms with van der Waals surface area (Å²) >= 11 is 12.5. The first kappa shape index (κ1) is 21.9. The first-order chi connectivity index (χ1) is 15.4. The van der Waals surface area contributed by atoms with Crippen LogP contribution in [-0.2, 0) is 9.59 Å². The number of carbonyl (C=O) groups is 2. The van der Waals surface area contributed by atoms with Crippen molar-refractivity contribution >= 4 is 46.3 Å². The number of pyridine rings is 1. The minimum Gasteiger partial charge on any atom is -0.507 e. The minimum absolute atomic E-state index is 0.0986. The van der Waals surface area contributed by atoms with Gasteiger partial charge in [0.25, 0.3) is 11.7 Å². The third-order valence-electron chi connectivity index (χ3n) is 5.03. The molecule has 0 aliphatic carbocycles. The molecule has 2 heterocycles. The molecule has 1 atom stereocenters. The number of aliphatic hydroxyl groups is 1. The molecule has 1 fully saturated rings. The lowest BCUT2D eigenvalue weighted by atomic mass is 9.96. The van der Waals surface area contributed by atoms with E-state index >= 15 is 0 Å². The van der Waals surface area contributed by atoms with Crippen LogP contribution >= 0.6 is 23.2 Å². The number of amides is 1. The van der Waals surface area contributed by atoms with Crippen LogP contribution in [0, 0.1) is 0 Å². The predicted octanol–water partition coefficient (Wildman–Crippen LogP) is 5.41. The fourth-order valence-corrected chi connectivity index (χ4v) is 4.06. The molecule has 6 nitrogen and oxygen atoms in total. The van der Waals surface area contributed by atoms with E-state index in [2.05, 4.69) is 4.98 Å². The number of ketones is 1. The summed E-state index contributed by atoms with van der Waals surface area (Å²) in [5, 5.41) is 11.8. The summed E-state index contributed by atoms with van der Waals surface area (Å²) in [6.07, 6.45) is 3.12. The monoisotopic (exact) mass is 468 g/mol. The molecule has 1 saturated heterocycles. The van der Waals surface area contributed by atoms with E-state index < -0.39 is 23.5 Å². The van der Waals surface area contributed by atoms with Crippen molar-refractivity contribution in [3.05, 3.63) is 93.7 Å². The molecule has 1 unspecified atom stereocenters. The molecule has 0 saturated carbocycles. The maximum Gasteiger partial charge on any atom is 0.300 e. The summed E-state index contributed by atoms with van der Waals surface area (Å²) in [6.45, 7) is 2.24. The number of nitrogens with zero attached hydrogens (tertiary/aromatic N) is 2. The number of hydrogen-bond acceptors (Lipinski definition) is 5. The Balaban J connectivity index is 1.95. The molecule has 4 rings (SSSR count). The van der Waals surface area contributed by atoms with Crippen molar-refractivity contribution in [2.45, 2.75) is 13.0 Å². The molecular formula is C24H18Cl2N2O4. The number of halogens is 2. The van der Waals surface area contributed by atoms with Crippen molar-refractivity contribution in [3.63, 3.8) is 0 Å². The van der Waals surface area contributed by atoms with E-state index in [4.69, 9.17) is 27.9 Å². The van der Waals surface area contributed by atoms with Gasteiger partial charge in [-0.05, 0) is 55.0 Å². The van der Waals surface area contributed by atoms with Crippen molar-refractivity contribution < 1.29 is 19.4 Å².